The number of rotatable bonds is 5. The molecular formula is C23H31N3O3. The Balaban J connectivity index is 1.43. The van der Waals surface area contributed by atoms with Gasteiger partial charge in [0, 0.05) is 29.8 Å². The van der Waals surface area contributed by atoms with Crippen molar-refractivity contribution in [3.8, 4) is 0 Å². The zero-order valence-corrected chi connectivity index (χ0v) is 17.2. The van der Waals surface area contributed by atoms with E-state index < -0.39 is 6.04 Å². The van der Waals surface area contributed by atoms with E-state index in [0.717, 1.165) is 50.5 Å². The van der Waals surface area contributed by atoms with E-state index in [0.29, 0.717) is 30.3 Å². The first-order valence-electron chi connectivity index (χ1n) is 11.1. The van der Waals surface area contributed by atoms with Crippen molar-refractivity contribution in [2.75, 3.05) is 11.9 Å². The van der Waals surface area contributed by atoms with Gasteiger partial charge in [0.15, 0.2) is 0 Å². The monoisotopic (exact) mass is 397 g/mol. The minimum atomic E-state index is -0.409. The van der Waals surface area contributed by atoms with E-state index in [2.05, 4.69) is 10.6 Å². The molecule has 6 heteroatoms. The highest BCUT2D eigenvalue weighted by Gasteiger charge is 2.37. The zero-order valence-electron chi connectivity index (χ0n) is 17.2. The van der Waals surface area contributed by atoms with Gasteiger partial charge >= 0.3 is 0 Å². The third-order valence-electron chi connectivity index (χ3n) is 6.46. The molecule has 156 valence electrons. The molecule has 3 aliphatic rings. The SMILES string of the molecule is Cc1ccc(C(=O)NC2CC2)cc1NC(=O)C1CCCN1C(=O)C1CCCCC1. The molecule has 29 heavy (non-hydrogen) atoms. The maximum Gasteiger partial charge on any atom is 0.251 e. The summed E-state index contributed by atoms with van der Waals surface area (Å²) in [7, 11) is 0. The standard InChI is InChI=1S/C23H31N3O3/c1-15-9-10-17(21(27)24-18-11-12-18)14-19(15)25-22(28)20-8-5-13-26(20)23(29)16-6-3-2-4-7-16/h9-10,14,16,18,20H,2-8,11-13H2,1H3,(H,24,27)(H,25,28). The fourth-order valence-corrected chi connectivity index (χ4v) is 4.50. The summed E-state index contributed by atoms with van der Waals surface area (Å²) in [6, 6.07) is 5.27. The molecule has 3 fully saturated rings. The van der Waals surface area contributed by atoms with Crippen LogP contribution in [-0.2, 0) is 9.59 Å². The molecule has 1 saturated heterocycles. The number of hydrogen-bond acceptors (Lipinski definition) is 3. The van der Waals surface area contributed by atoms with E-state index in [1.165, 1.54) is 6.42 Å². The van der Waals surface area contributed by atoms with E-state index in [-0.39, 0.29) is 23.6 Å². The minimum absolute atomic E-state index is 0.0772. The molecule has 6 nitrogen and oxygen atoms in total. The first-order chi connectivity index (χ1) is 14.0. The number of nitrogens with one attached hydrogen (secondary N) is 2. The van der Waals surface area contributed by atoms with Gasteiger partial charge in [-0.2, -0.15) is 0 Å². The van der Waals surface area contributed by atoms with E-state index in [9.17, 15) is 14.4 Å². The van der Waals surface area contributed by atoms with Crippen LogP contribution in [0.3, 0.4) is 0 Å². The van der Waals surface area contributed by atoms with Gasteiger partial charge in [-0.1, -0.05) is 25.3 Å². The molecule has 2 N–H and O–H groups in total. The lowest BCUT2D eigenvalue weighted by molar-refractivity contribution is -0.141. The number of hydrogen-bond donors (Lipinski definition) is 2. The summed E-state index contributed by atoms with van der Waals surface area (Å²) in [6.07, 6.45) is 8.94. The van der Waals surface area contributed by atoms with Crippen LogP contribution in [0.1, 0.15) is 73.7 Å². The molecule has 1 aliphatic heterocycles. The van der Waals surface area contributed by atoms with E-state index in [4.69, 9.17) is 0 Å². The summed E-state index contributed by atoms with van der Waals surface area (Å²) in [6.45, 7) is 2.58. The first kappa shape index (κ1) is 19.9. The van der Waals surface area contributed by atoms with Crippen LogP contribution in [0.15, 0.2) is 18.2 Å². The lowest BCUT2D eigenvalue weighted by atomic mass is 9.88. The van der Waals surface area contributed by atoms with Crippen molar-refractivity contribution in [1.82, 2.24) is 10.2 Å². The Kier molecular flexibility index (Phi) is 5.88. The summed E-state index contributed by atoms with van der Waals surface area (Å²) in [5, 5.41) is 5.97. The number of carbonyl (C=O) groups is 3. The topological polar surface area (TPSA) is 78.5 Å². The maximum atomic E-state index is 13.0. The first-order valence-corrected chi connectivity index (χ1v) is 11.1. The van der Waals surface area contributed by atoms with Crippen LogP contribution >= 0.6 is 0 Å². The third kappa shape index (κ3) is 4.62. The smallest absolute Gasteiger partial charge is 0.251 e. The van der Waals surface area contributed by atoms with Gasteiger partial charge in [0.1, 0.15) is 6.04 Å². The Morgan fingerprint density at radius 3 is 2.45 bits per heavy atom. The number of aryl methyl sites for hydroxylation is 1. The second kappa shape index (κ2) is 8.56. The van der Waals surface area contributed by atoms with Gasteiger partial charge < -0.3 is 15.5 Å². The average Bonchev–Trinajstić information content (AvgIpc) is 3.40. The van der Waals surface area contributed by atoms with Crippen molar-refractivity contribution in [2.24, 2.45) is 5.92 Å². The molecule has 2 aliphatic carbocycles. The van der Waals surface area contributed by atoms with E-state index in [1.807, 2.05) is 13.0 Å². The molecular weight excluding hydrogens is 366 g/mol. The van der Waals surface area contributed by atoms with Gasteiger partial charge in [0.2, 0.25) is 11.8 Å². The molecule has 0 spiro atoms. The largest absolute Gasteiger partial charge is 0.349 e. The van der Waals surface area contributed by atoms with Crippen molar-refractivity contribution in [1.29, 1.82) is 0 Å². The van der Waals surface area contributed by atoms with Gasteiger partial charge in [-0.25, -0.2) is 0 Å². The Morgan fingerprint density at radius 2 is 1.72 bits per heavy atom. The predicted octanol–water partition coefficient (Wildman–Crippen LogP) is 3.40. The number of benzene rings is 1. The number of nitrogens with zero attached hydrogens (tertiary/aromatic N) is 1. The summed E-state index contributed by atoms with van der Waals surface area (Å²) >= 11 is 0. The van der Waals surface area contributed by atoms with Crippen molar-refractivity contribution in [3.63, 3.8) is 0 Å². The van der Waals surface area contributed by atoms with Crippen LogP contribution < -0.4 is 10.6 Å². The lowest BCUT2D eigenvalue weighted by Gasteiger charge is -2.30. The Morgan fingerprint density at radius 1 is 0.966 bits per heavy atom. The second-order valence-corrected chi connectivity index (χ2v) is 8.79. The van der Waals surface area contributed by atoms with Crippen molar-refractivity contribution in [2.45, 2.75) is 76.8 Å². The highest BCUT2D eigenvalue weighted by atomic mass is 16.2. The highest BCUT2D eigenvalue weighted by molar-refractivity contribution is 6.00. The van der Waals surface area contributed by atoms with E-state index in [1.54, 1.807) is 17.0 Å². The Labute approximate surface area is 172 Å². The number of amides is 3. The average molecular weight is 398 g/mol. The maximum absolute atomic E-state index is 13.0. The molecule has 3 amide bonds. The fourth-order valence-electron chi connectivity index (χ4n) is 4.50. The number of likely N-dealkylation sites (tertiary alicyclic amines) is 1. The Hall–Kier alpha value is -2.37. The van der Waals surface area contributed by atoms with Crippen LogP contribution in [0.25, 0.3) is 0 Å². The lowest BCUT2D eigenvalue weighted by Crippen LogP contribution is -2.46. The van der Waals surface area contributed by atoms with Crippen LogP contribution in [0.4, 0.5) is 5.69 Å². The molecule has 0 aromatic heterocycles. The summed E-state index contributed by atoms with van der Waals surface area (Å²) in [4.78, 5) is 40.1. The van der Waals surface area contributed by atoms with Crippen LogP contribution in [0.2, 0.25) is 0 Å². The summed E-state index contributed by atoms with van der Waals surface area (Å²) in [5.74, 6) is -0.0163. The van der Waals surface area contributed by atoms with E-state index >= 15 is 0 Å². The number of anilines is 1. The predicted molar refractivity (Wildman–Crippen MR) is 112 cm³/mol. The van der Waals surface area contributed by atoms with Gasteiger partial charge in [0.25, 0.3) is 5.91 Å². The fraction of sp³-hybridized carbons (Fsp3) is 0.609. The third-order valence-corrected chi connectivity index (χ3v) is 6.46. The van der Waals surface area contributed by atoms with Crippen LogP contribution in [0.5, 0.6) is 0 Å². The molecule has 1 unspecified atom stereocenters. The quantitative estimate of drug-likeness (QED) is 0.799. The number of carbonyl (C=O) groups excluding carboxylic acids is 3. The van der Waals surface area contributed by atoms with Crippen LogP contribution in [0, 0.1) is 12.8 Å². The van der Waals surface area contributed by atoms with Gasteiger partial charge in [-0.3, -0.25) is 14.4 Å². The molecule has 1 aromatic carbocycles. The minimum Gasteiger partial charge on any atom is -0.349 e. The summed E-state index contributed by atoms with van der Waals surface area (Å²) in [5.41, 5.74) is 2.11. The normalized spacial score (nSPS) is 22.4. The van der Waals surface area contributed by atoms with Crippen LogP contribution in [-0.4, -0.2) is 41.2 Å². The molecule has 0 radical (unpaired) electrons. The summed E-state index contributed by atoms with van der Waals surface area (Å²) < 4.78 is 0. The van der Waals surface area contributed by atoms with Crippen molar-refractivity contribution in [3.05, 3.63) is 29.3 Å². The molecule has 4 rings (SSSR count). The molecule has 1 heterocycles. The van der Waals surface area contributed by atoms with Crippen molar-refractivity contribution < 1.29 is 14.4 Å². The highest BCUT2D eigenvalue weighted by Crippen LogP contribution is 2.29. The Bertz CT molecular complexity index is 797. The molecule has 1 aromatic rings. The molecule has 1 atom stereocenters. The molecule has 0 bridgehead atoms. The zero-order chi connectivity index (χ0) is 20.4. The van der Waals surface area contributed by atoms with Gasteiger partial charge in [-0.05, 0) is 63.1 Å². The molecule has 2 saturated carbocycles. The van der Waals surface area contributed by atoms with Gasteiger partial charge in [-0.15, -0.1) is 0 Å². The van der Waals surface area contributed by atoms with Gasteiger partial charge in [0.05, 0.1) is 0 Å². The second-order valence-electron chi connectivity index (χ2n) is 8.79. The van der Waals surface area contributed by atoms with Crippen molar-refractivity contribution >= 4 is 23.4 Å².